The first-order chi connectivity index (χ1) is 9.76. The van der Waals surface area contributed by atoms with Crippen molar-refractivity contribution in [2.24, 2.45) is 0 Å². The molecule has 0 aliphatic rings. The molecule has 1 aromatic heterocycles. The molecule has 0 spiro atoms. The van der Waals surface area contributed by atoms with Crippen LogP contribution in [0.5, 0.6) is 0 Å². The molecule has 0 unspecified atom stereocenters. The highest BCUT2D eigenvalue weighted by Crippen LogP contribution is 2.26. The van der Waals surface area contributed by atoms with Crippen LogP contribution in [0.1, 0.15) is 12.8 Å². The van der Waals surface area contributed by atoms with Crippen LogP contribution in [0.15, 0.2) is 51.5 Å². The van der Waals surface area contributed by atoms with Crippen LogP contribution >= 0.6 is 15.9 Å². The Morgan fingerprint density at radius 1 is 1.15 bits per heavy atom. The third kappa shape index (κ3) is 2.76. The van der Waals surface area contributed by atoms with Gasteiger partial charge in [0.2, 0.25) is 5.89 Å². The quantitative estimate of drug-likeness (QED) is 0.772. The van der Waals surface area contributed by atoms with Crippen molar-refractivity contribution in [3.8, 4) is 11.3 Å². The molecule has 20 heavy (non-hydrogen) atoms. The largest absolute Gasteiger partial charge is 0.439 e. The van der Waals surface area contributed by atoms with E-state index >= 15 is 0 Å². The summed E-state index contributed by atoms with van der Waals surface area (Å²) in [6.07, 6.45) is 1.78. The standard InChI is InChI=1S/C16H15BrN2O/c1-2-18-10-16-19-9-15(20-16)13-4-3-12-8-14(17)6-5-11(12)7-13/h3-9,18H,2,10H2,1H3. The van der Waals surface area contributed by atoms with Gasteiger partial charge < -0.3 is 9.73 Å². The molecule has 3 aromatic rings. The molecule has 0 saturated carbocycles. The van der Waals surface area contributed by atoms with E-state index in [4.69, 9.17) is 4.42 Å². The van der Waals surface area contributed by atoms with Crippen LogP contribution in [0.2, 0.25) is 0 Å². The van der Waals surface area contributed by atoms with Crippen LogP contribution in [0.25, 0.3) is 22.1 Å². The van der Waals surface area contributed by atoms with Crippen molar-refractivity contribution in [3.63, 3.8) is 0 Å². The Morgan fingerprint density at radius 2 is 1.95 bits per heavy atom. The van der Waals surface area contributed by atoms with Crippen molar-refractivity contribution in [1.82, 2.24) is 10.3 Å². The summed E-state index contributed by atoms with van der Waals surface area (Å²) in [6.45, 7) is 3.63. The van der Waals surface area contributed by atoms with E-state index in [1.54, 1.807) is 6.20 Å². The average Bonchev–Trinajstić information content (AvgIpc) is 2.93. The zero-order valence-corrected chi connectivity index (χ0v) is 12.8. The highest BCUT2D eigenvalue weighted by Gasteiger charge is 2.07. The van der Waals surface area contributed by atoms with Gasteiger partial charge >= 0.3 is 0 Å². The second kappa shape index (κ2) is 5.77. The number of fused-ring (bicyclic) bond motifs is 1. The maximum absolute atomic E-state index is 5.76. The zero-order valence-electron chi connectivity index (χ0n) is 11.2. The molecule has 0 amide bonds. The van der Waals surface area contributed by atoms with E-state index in [2.05, 4.69) is 63.5 Å². The summed E-state index contributed by atoms with van der Waals surface area (Å²) in [7, 11) is 0. The number of nitrogens with zero attached hydrogens (tertiary/aromatic N) is 1. The molecule has 3 nitrogen and oxygen atoms in total. The number of halogens is 1. The number of benzene rings is 2. The molecule has 0 radical (unpaired) electrons. The monoisotopic (exact) mass is 330 g/mol. The molecule has 2 aromatic carbocycles. The zero-order chi connectivity index (χ0) is 13.9. The van der Waals surface area contributed by atoms with E-state index in [0.29, 0.717) is 6.54 Å². The molecular weight excluding hydrogens is 316 g/mol. The predicted octanol–water partition coefficient (Wildman–Crippen LogP) is 4.37. The molecule has 0 bridgehead atoms. The van der Waals surface area contributed by atoms with Gasteiger partial charge in [0, 0.05) is 10.0 Å². The summed E-state index contributed by atoms with van der Waals surface area (Å²) in [5.41, 5.74) is 1.05. The van der Waals surface area contributed by atoms with Gasteiger partial charge in [-0.05, 0) is 35.5 Å². The molecule has 4 heteroatoms. The molecule has 102 valence electrons. The molecule has 1 heterocycles. The molecule has 0 atom stereocenters. The van der Waals surface area contributed by atoms with Crippen LogP contribution in [0, 0.1) is 0 Å². The number of hydrogen-bond donors (Lipinski definition) is 1. The lowest BCUT2D eigenvalue weighted by molar-refractivity contribution is 0.482. The Kier molecular flexibility index (Phi) is 3.85. The Balaban J connectivity index is 1.93. The first-order valence-electron chi connectivity index (χ1n) is 6.61. The molecular formula is C16H15BrN2O. The van der Waals surface area contributed by atoms with Crippen molar-refractivity contribution in [2.45, 2.75) is 13.5 Å². The lowest BCUT2D eigenvalue weighted by Gasteiger charge is -2.02. The van der Waals surface area contributed by atoms with E-state index in [9.17, 15) is 0 Å². The van der Waals surface area contributed by atoms with Crippen molar-refractivity contribution in [1.29, 1.82) is 0 Å². The minimum absolute atomic E-state index is 0.664. The normalized spacial score (nSPS) is 11.1. The third-order valence-electron chi connectivity index (χ3n) is 3.17. The highest BCUT2D eigenvalue weighted by molar-refractivity contribution is 9.10. The van der Waals surface area contributed by atoms with Gasteiger partial charge in [0.15, 0.2) is 5.76 Å². The van der Waals surface area contributed by atoms with Crippen molar-refractivity contribution in [3.05, 3.63) is 53.0 Å². The number of hydrogen-bond acceptors (Lipinski definition) is 3. The summed E-state index contributed by atoms with van der Waals surface area (Å²) >= 11 is 3.49. The Morgan fingerprint density at radius 3 is 2.80 bits per heavy atom. The first-order valence-corrected chi connectivity index (χ1v) is 7.40. The fourth-order valence-corrected chi connectivity index (χ4v) is 2.51. The summed E-state index contributed by atoms with van der Waals surface area (Å²) in [6, 6.07) is 12.5. The summed E-state index contributed by atoms with van der Waals surface area (Å²) < 4.78 is 6.85. The van der Waals surface area contributed by atoms with Gasteiger partial charge in [0.25, 0.3) is 0 Å². The summed E-state index contributed by atoms with van der Waals surface area (Å²) in [5, 5.41) is 5.60. The lowest BCUT2D eigenvalue weighted by Crippen LogP contribution is -2.11. The number of oxazole rings is 1. The second-order valence-corrected chi connectivity index (χ2v) is 5.52. The predicted molar refractivity (Wildman–Crippen MR) is 84.5 cm³/mol. The molecule has 0 saturated heterocycles. The minimum Gasteiger partial charge on any atom is -0.439 e. The van der Waals surface area contributed by atoms with Crippen LogP contribution in [-0.2, 0) is 6.54 Å². The lowest BCUT2D eigenvalue weighted by atomic mass is 10.1. The fraction of sp³-hybridized carbons (Fsp3) is 0.188. The number of nitrogens with one attached hydrogen (secondary N) is 1. The van der Waals surface area contributed by atoms with Crippen molar-refractivity contribution >= 4 is 26.7 Å². The highest BCUT2D eigenvalue weighted by atomic mass is 79.9. The molecule has 0 aliphatic carbocycles. The molecule has 0 fully saturated rings. The van der Waals surface area contributed by atoms with Crippen molar-refractivity contribution < 1.29 is 4.42 Å². The smallest absolute Gasteiger partial charge is 0.208 e. The number of rotatable bonds is 4. The molecule has 0 aliphatic heterocycles. The van der Waals surface area contributed by atoms with Crippen molar-refractivity contribution in [2.75, 3.05) is 6.54 Å². The van der Waals surface area contributed by atoms with Gasteiger partial charge in [-0.3, -0.25) is 0 Å². The SMILES string of the molecule is CCNCc1ncc(-c2ccc3cc(Br)ccc3c2)o1. The van der Waals surface area contributed by atoms with Gasteiger partial charge in [0.05, 0.1) is 12.7 Å². The summed E-state index contributed by atoms with van der Waals surface area (Å²) in [4.78, 5) is 4.29. The summed E-state index contributed by atoms with van der Waals surface area (Å²) in [5.74, 6) is 1.53. The maximum atomic E-state index is 5.76. The third-order valence-corrected chi connectivity index (χ3v) is 3.66. The van der Waals surface area contributed by atoms with E-state index in [1.807, 2.05) is 6.07 Å². The van der Waals surface area contributed by atoms with Crippen LogP contribution < -0.4 is 5.32 Å². The first kappa shape index (κ1) is 13.3. The van der Waals surface area contributed by atoms with Gasteiger partial charge in [-0.2, -0.15) is 0 Å². The second-order valence-electron chi connectivity index (χ2n) is 4.60. The Hall–Kier alpha value is -1.65. The minimum atomic E-state index is 0.664. The maximum Gasteiger partial charge on any atom is 0.208 e. The van der Waals surface area contributed by atoms with Gasteiger partial charge in [-0.25, -0.2) is 4.98 Å². The van der Waals surface area contributed by atoms with E-state index < -0.39 is 0 Å². The van der Waals surface area contributed by atoms with E-state index in [-0.39, 0.29) is 0 Å². The molecule has 3 rings (SSSR count). The van der Waals surface area contributed by atoms with E-state index in [0.717, 1.165) is 28.2 Å². The van der Waals surface area contributed by atoms with Crippen LogP contribution in [-0.4, -0.2) is 11.5 Å². The van der Waals surface area contributed by atoms with Gasteiger partial charge in [-0.1, -0.05) is 41.1 Å². The van der Waals surface area contributed by atoms with E-state index in [1.165, 1.54) is 10.8 Å². The average molecular weight is 331 g/mol. The van der Waals surface area contributed by atoms with Gasteiger partial charge in [-0.15, -0.1) is 0 Å². The van der Waals surface area contributed by atoms with Crippen LogP contribution in [0.4, 0.5) is 0 Å². The molecule has 1 N–H and O–H groups in total. The number of aromatic nitrogens is 1. The Labute approximate surface area is 126 Å². The van der Waals surface area contributed by atoms with Gasteiger partial charge in [0.1, 0.15) is 0 Å². The van der Waals surface area contributed by atoms with Crippen LogP contribution in [0.3, 0.4) is 0 Å². The Bertz CT molecular complexity index is 736. The fourth-order valence-electron chi connectivity index (χ4n) is 2.13. The topological polar surface area (TPSA) is 38.1 Å².